The molecule has 136 valence electrons. The maximum atomic E-state index is 9.10. The van der Waals surface area contributed by atoms with Crippen molar-refractivity contribution in [3.05, 3.63) is 28.8 Å². The normalized spacial score (nSPS) is 10.0. The maximum Gasteiger partial charge on any atom is 0.414 e. The Morgan fingerprint density at radius 2 is 1.71 bits per heavy atom. The molecule has 0 amide bonds. The van der Waals surface area contributed by atoms with E-state index < -0.39 is 11.9 Å². The molecule has 0 aliphatic heterocycles. The number of hydrogen-bond donors (Lipinski definition) is 2. The Hall–Kier alpha value is -1.79. The first-order valence-electron chi connectivity index (χ1n) is 7.89. The van der Waals surface area contributed by atoms with Crippen LogP contribution in [0, 0.1) is 6.92 Å². The average Bonchev–Trinajstić information content (AvgIpc) is 2.53. The van der Waals surface area contributed by atoms with E-state index in [9.17, 15) is 0 Å². The summed E-state index contributed by atoms with van der Waals surface area (Å²) in [5.74, 6) is -2.85. The number of nitrogens with zero attached hydrogens (tertiary/aromatic N) is 1. The van der Waals surface area contributed by atoms with Crippen LogP contribution in [-0.4, -0.2) is 53.3 Å². The minimum Gasteiger partial charge on any atom is -0.492 e. The van der Waals surface area contributed by atoms with Gasteiger partial charge in [-0.1, -0.05) is 31.5 Å². The maximum absolute atomic E-state index is 9.10. The van der Waals surface area contributed by atoms with Crippen molar-refractivity contribution in [2.24, 2.45) is 0 Å². The Morgan fingerprint density at radius 1 is 1.12 bits per heavy atom. The van der Waals surface area contributed by atoms with Crippen LogP contribution in [0.2, 0.25) is 5.02 Å². The van der Waals surface area contributed by atoms with Gasteiger partial charge in [-0.25, -0.2) is 9.59 Å². The topological polar surface area (TPSA) is 87.1 Å². The molecule has 6 nitrogen and oxygen atoms in total. The molecule has 1 aromatic rings. The Kier molecular flexibility index (Phi) is 11.7. The number of carbonyl (C=O) groups is 2. The van der Waals surface area contributed by atoms with E-state index >= 15 is 0 Å². The van der Waals surface area contributed by atoms with Gasteiger partial charge in [0.05, 0.1) is 11.6 Å². The molecule has 0 radical (unpaired) electrons. The van der Waals surface area contributed by atoms with Gasteiger partial charge in [-0.05, 0) is 57.1 Å². The monoisotopic (exact) mass is 359 g/mol. The third-order valence-electron chi connectivity index (χ3n) is 3.29. The molecule has 0 aliphatic rings. The van der Waals surface area contributed by atoms with Gasteiger partial charge < -0.3 is 19.8 Å². The fourth-order valence-corrected chi connectivity index (χ4v) is 2.17. The van der Waals surface area contributed by atoms with Crippen molar-refractivity contribution in [3.8, 4) is 5.75 Å². The summed E-state index contributed by atoms with van der Waals surface area (Å²) in [6.07, 6.45) is 2.24. The number of ether oxygens (including phenoxy) is 1. The molecule has 0 aromatic heterocycles. The van der Waals surface area contributed by atoms with Gasteiger partial charge in [-0.15, -0.1) is 0 Å². The molecule has 24 heavy (non-hydrogen) atoms. The van der Waals surface area contributed by atoms with Crippen molar-refractivity contribution in [1.82, 2.24) is 4.90 Å². The first-order valence-corrected chi connectivity index (χ1v) is 8.27. The molecule has 1 rings (SSSR count). The zero-order valence-electron chi connectivity index (χ0n) is 14.4. The zero-order valence-corrected chi connectivity index (χ0v) is 15.2. The minimum atomic E-state index is -1.82. The van der Waals surface area contributed by atoms with E-state index in [-0.39, 0.29) is 0 Å². The summed E-state index contributed by atoms with van der Waals surface area (Å²) >= 11 is 6.10. The summed E-state index contributed by atoms with van der Waals surface area (Å²) < 4.78 is 5.69. The molecule has 0 bridgehead atoms. The first kappa shape index (κ1) is 22.2. The van der Waals surface area contributed by atoms with Gasteiger partial charge in [-0.3, -0.25) is 0 Å². The number of halogens is 1. The SMILES string of the molecule is CCN(CC)CCCCOc1ccc(C)cc1Cl.O=C(O)C(=O)O. The lowest BCUT2D eigenvalue weighted by atomic mass is 10.2. The molecule has 2 N–H and O–H groups in total. The lowest BCUT2D eigenvalue weighted by molar-refractivity contribution is -0.159. The van der Waals surface area contributed by atoms with Gasteiger partial charge in [0.1, 0.15) is 5.75 Å². The molecule has 0 atom stereocenters. The Morgan fingerprint density at radius 3 is 2.17 bits per heavy atom. The molecule has 0 aliphatic carbocycles. The number of rotatable bonds is 8. The zero-order chi connectivity index (χ0) is 18.5. The number of unbranched alkanes of at least 4 members (excludes halogenated alkanes) is 1. The largest absolute Gasteiger partial charge is 0.492 e. The quantitative estimate of drug-likeness (QED) is 0.547. The summed E-state index contributed by atoms with van der Waals surface area (Å²) in [4.78, 5) is 20.6. The summed E-state index contributed by atoms with van der Waals surface area (Å²) in [7, 11) is 0. The van der Waals surface area contributed by atoms with Gasteiger partial charge in [0, 0.05) is 0 Å². The summed E-state index contributed by atoms with van der Waals surface area (Å²) in [5.41, 5.74) is 1.16. The molecule has 1 aromatic carbocycles. The third kappa shape index (κ3) is 10.1. The van der Waals surface area contributed by atoms with Crippen LogP contribution < -0.4 is 4.74 Å². The van der Waals surface area contributed by atoms with Gasteiger partial charge in [0.2, 0.25) is 0 Å². The highest BCUT2D eigenvalue weighted by Gasteiger charge is 2.04. The second kappa shape index (κ2) is 12.6. The third-order valence-corrected chi connectivity index (χ3v) is 3.59. The van der Waals surface area contributed by atoms with Crippen LogP contribution in [0.25, 0.3) is 0 Å². The van der Waals surface area contributed by atoms with E-state index in [4.69, 9.17) is 36.1 Å². The number of aliphatic carboxylic acids is 2. The number of hydrogen-bond acceptors (Lipinski definition) is 4. The number of carboxylic acid groups (broad SMARTS) is 2. The van der Waals surface area contributed by atoms with Gasteiger partial charge >= 0.3 is 11.9 Å². The van der Waals surface area contributed by atoms with Gasteiger partial charge in [0.25, 0.3) is 0 Å². The highest BCUT2D eigenvalue weighted by molar-refractivity contribution is 6.32. The van der Waals surface area contributed by atoms with E-state index in [0.717, 1.165) is 44.0 Å². The Balaban J connectivity index is 0.000000754. The van der Waals surface area contributed by atoms with E-state index in [1.54, 1.807) is 0 Å². The second-order valence-corrected chi connectivity index (χ2v) is 5.53. The number of benzene rings is 1. The van der Waals surface area contributed by atoms with Crippen molar-refractivity contribution >= 4 is 23.5 Å². The van der Waals surface area contributed by atoms with Gasteiger partial charge in [-0.2, -0.15) is 0 Å². The molecule has 0 spiro atoms. The van der Waals surface area contributed by atoms with Crippen LogP contribution in [-0.2, 0) is 9.59 Å². The lowest BCUT2D eigenvalue weighted by Gasteiger charge is -2.17. The van der Waals surface area contributed by atoms with E-state index in [1.807, 2.05) is 25.1 Å². The van der Waals surface area contributed by atoms with Crippen LogP contribution >= 0.6 is 11.6 Å². The number of aryl methyl sites for hydroxylation is 1. The lowest BCUT2D eigenvalue weighted by Crippen LogP contribution is -2.24. The van der Waals surface area contributed by atoms with Crippen LogP contribution in [0.4, 0.5) is 0 Å². The molecule has 7 heteroatoms. The standard InChI is InChI=1S/C15H24ClNO.C2H2O4/c1-4-17(5-2)10-6-7-11-18-15-9-8-13(3)12-14(15)16;3-1(4)2(5)6/h8-9,12H,4-7,10-11H2,1-3H3;(H,3,4)(H,5,6). The van der Waals surface area contributed by atoms with Crippen molar-refractivity contribution in [2.75, 3.05) is 26.2 Å². The molecule has 0 heterocycles. The van der Waals surface area contributed by atoms with Gasteiger partial charge in [0.15, 0.2) is 0 Å². The van der Waals surface area contributed by atoms with Crippen molar-refractivity contribution in [2.45, 2.75) is 33.6 Å². The highest BCUT2D eigenvalue weighted by Crippen LogP contribution is 2.25. The van der Waals surface area contributed by atoms with Crippen LogP contribution in [0.5, 0.6) is 5.75 Å². The summed E-state index contributed by atoms with van der Waals surface area (Å²) in [5, 5.41) is 15.5. The fourth-order valence-electron chi connectivity index (χ4n) is 1.88. The highest BCUT2D eigenvalue weighted by atomic mass is 35.5. The van der Waals surface area contributed by atoms with E-state index in [2.05, 4.69) is 18.7 Å². The molecule has 0 unspecified atom stereocenters. The van der Waals surface area contributed by atoms with E-state index in [0.29, 0.717) is 5.02 Å². The molecule has 0 saturated heterocycles. The van der Waals surface area contributed by atoms with Crippen molar-refractivity contribution < 1.29 is 24.5 Å². The number of carboxylic acids is 2. The van der Waals surface area contributed by atoms with Crippen molar-refractivity contribution in [3.63, 3.8) is 0 Å². The first-order chi connectivity index (χ1) is 11.3. The second-order valence-electron chi connectivity index (χ2n) is 5.13. The van der Waals surface area contributed by atoms with Crippen molar-refractivity contribution in [1.29, 1.82) is 0 Å². The Bertz CT molecular complexity index is 506. The predicted molar refractivity (Wildman–Crippen MR) is 94.0 cm³/mol. The Labute approximate surface area is 148 Å². The average molecular weight is 360 g/mol. The minimum absolute atomic E-state index is 0.707. The van der Waals surface area contributed by atoms with Crippen LogP contribution in [0.3, 0.4) is 0 Å². The predicted octanol–water partition coefficient (Wildman–Crippen LogP) is 3.30. The molecule has 0 fully saturated rings. The molecular weight excluding hydrogens is 334 g/mol. The summed E-state index contributed by atoms with van der Waals surface area (Å²) in [6.45, 7) is 10.6. The van der Waals surface area contributed by atoms with Crippen LogP contribution in [0.15, 0.2) is 18.2 Å². The molecular formula is C17H26ClNO5. The smallest absolute Gasteiger partial charge is 0.414 e. The molecule has 0 saturated carbocycles. The summed E-state index contributed by atoms with van der Waals surface area (Å²) in [6, 6.07) is 5.91. The van der Waals surface area contributed by atoms with Crippen LogP contribution in [0.1, 0.15) is 32.3 Å². The van der Waals surface area contributed by atoms with E-state index in [1.165, 1.54) is 6.42 Å². The fraction of sp³-hybridized carbons (Fsp3) is 0.529.